The molecule has 102 valence electrons. The van der Waals surface area contributed by atoms with E-state index in [4.69, 9.17) is 0 Å². The van der Waals surface area contributed by atoms with E-state index in [2.05, 4.69) is 38.3 Å². The van der Waals surface area contributed by atoms with Crippen molar-refractivity contribution in [3.8, 4) is 0 Å². The minimum absolute atomic E-state index is 0. The number of hydrogen-bond donors (Lipinski definition) is 2. The predicted octanol–water partition coefficient (Wildman–Crippen LogP) is 2.35. The second kappa shape index (κ2) is 7.22. The van der Waals surface area contributed by atoms with E-state index in [1.807, 2.05) is 0 Å². The molecule has 1 saturated heterocycles. The first-order chi connectivity index (χ1) is 7.38. The van der Waals surface area contributed by atoms with Crippen LogP contribution < -0.4 is 10.6 Å². The van der Waals surface area contributed by atoms with Gasteiger partial charge < -0.3 is 10.6 Å². The van der Waals surface area contributed by atoms with Gasteiger partial charge in [-0.2, -0.15) is 0 Å². The van der Waals surface area contributed by atoms with Crippen LogP contribution in [0.5, 0.6) is 0 Å². The fourth-order valence-electron chi connectivity index (χ4n) is 2.00. The summed E-state index contributed by atoms with van der Waals surface area (Å²) in [6.07, 6.45) is 2.67. The molecule has 0 aromatic heterocycles. The predicted molar refractivity (Wildman–Crippen MR) is 74.5 cm³/mol. The van der Waals surface area contributed by atoms with Crippen LogP contribution in [0.25, 0.3) is 0 Å². The summed E-state index contributed by atoms with van der Waals surface area (Å²) in [6.45, 7) is 10.8. The lowest BCUT2D eigenvalue weighted by atomic mass is 9.90. The van der Waals surface area contributed by atoms with Crippen molar-refractivity contribution in [1.29, 1.82) is 0 Å². The molecule has 2 atom stereocenters. The van der Waals surface area contributed by atoms with Crippen LogP contribution in [0.15, 0.2) is 0 Å². The molecular weight excluding hydrogens is 236 g/mol. The third-order valence-electron chi connectivity index (χ3n) is 3.23. The molecule has 4 heteroatoms. The maximum Gasteiger partial charge on any atom is 0.220 e. The smallest absolute Gasteiger partial charge is 0.220 e. The second-order valence-corrected chi connectivity index (χ2v) is 6.20. The molecule has 1 aliphatic rings. The van der Waals surface area contributed by atoms with E-state index in [9.17, 15) is 4.79 Å². The highest BCUT2D eigenvalue weighted by molar-refractivity contribution is 5.85. The maximum atomic E-state index is 11.8. The second-order valence-electron chi connectivity index (χ2n) is 6.20. The van der Waals surface area contributed by atoms with Crippen LogP contribution in [0.1, 0.15) is 47.0 Å². The molecule has 1 amide bonds. The van der Waals surface area contributed by atoms with Crippen molar-refractivity contribution in [3.63, 3.8) is 0 Å². The normalized spacial score (nSPS) is 24.9. The fraction of sp³-hybridized carbons (Fsp3) is 0.923. The first kappa shape index (κ1) is 16.7. The van der Waals surface area contributed by atoms with E-state index in [1.165, 1.54) is 0 Å². The third kappa shape index (κ3) is 6.89. The lowest BCUT2D eigenvalue weighted by Gasteiger charge is -2.30. The number of amides is 1. The zero-order chi connectivity index (χ0) is 12.2. The van der Waals surface area contributed by atoms with Crippen molar-refractivity contribution in [2.24, 2.45) is 11.3 Å². The van der Waals surface area contributed by atoms with Crippen LogP contribution in [0.4, 0.5) is 0 Å². The summed E-state index contributed by atoms with van der Waals surface area (Å²) in [4.78, 5) is 11.8. The molecule has 1 fully saturated rings. The van der Waals surface area contributed by atoms with Crippen molar-refractivity contribution in [1.82, 2.24) is 10.6 Å². The van der Waals surface area contributed by atoms with Gasteiger partial charge in [0.2, 0.25) is 5.91 Å². The third-order valence-corrected chi connectivity index (χ3v) is 3.23. The van der Waals surface area contributed by atoms with Crippen LogP contribution in [-0.2, 0) is 4.79 Å². The summed E-state index contributed by atoms with van der Waals surface area (Å²) in [5.74, 6) is 0.765. The Morgan fingerprint density at radius 3 is 2.59 bits per heavy atom. The van der Waals surface area contributed by atoms with Gasteiger partial charge in [-0.25, -0.2) is 0 Å². The van der Waals surface area contributed by atoms with Crippen LogP contribution in [-0.4, -0.2) is 25.0 Å². The summed E-state index contributed by atoms with van der Waals surface area (Å²) in [6, 6.07) is 0.369. The van der Waals surface area contributed by atoms with Crippen LogP contribution in [0.2, 0.25) is 0 Å². The van der Waals surface area contributed by atoms with Gasteiger partial charge in [0.15, 0.2) is 0 Å². The number of carbonyl (C=O) groups is 1. The Hall–Kier alpha value is -0.280. The van der Waals surface area contributed by atoms with Gasteiger partial charge in [0, 0.05) is 12.5 Å². The van der Waals surface area contributed by atoms with E-state index >= 15 is 0 Å². The van der Waals surface area contributed by atoms with Crippen molar-refractivity contribution < 1.29 is 4.79 Å². The van der Waals surface area contributed by atoms with E-state index < -0.39 is 0 Å². The summed E-state index contributed by atoms with van der Waals surface area (Å²) >= 11 is 0. The molecule has 1 rings (SSSR count). The largest absolute Gasteiger partial charge is 0.353 e. The molecule has 0 radical (unpaired) electrons. The zero-order valence-electron chi connectivity index (χ0n) is 11.5. The van der Waals surface area contributed by atoms with Crippen LogP contribution in [0.3, 0.4) is 0 Å². The Morgan fingerprint density at radius 1 is 1.41 bits per heavy atom. The minimum atomic E-state index is 0. The van der Waals surface area contributed by atoms with Gasteiger partial charge in [0.05, 0.1) is 0 Å². The van der Waals surface area contributed by atoms with Crippen molar-refractivity contribution >= 4 is 18.3 Å². The number of carbonyl (C=O) groups excluding carboxylic acids is 1. The van der Waals surface area contributed by atoms with E-state index in [-0.39, 0.29) is 23.7 Å². The number of piperidine rings is 1. The van der Waals surface area contributed by atoms with Gasteiger partial charge in [0.1, 0.15) is 0 Å². The maximum absolute atomic E-state index is 11.8. The topological polar surface area (TPSA) is 41.1 Å². The molecule has 1 heterocycles. The van der Waals surface area contributed by atoms with Gasteiger partial charge in [0.25, 0.3) is 0 Å². The first-order valence-electron chi connectivity index (χ1n) is 6.38. The highest BCUT2D eigenvalue weighted by Gasteiger charge is 2.23. The number of hydrogen-bond acceptors (Lipinski definition) is 2. The zero-order valence-corrected chi connectivity index (χ0v) is 12.3. The molecule has 2 unspecified atom stereocenters. The Bertz CT molecular complexity index is 238. The lowest BCUT2D eigenvalue weighted by Crippen LogP contribution is -2.48. The fourth-order valence-corrected chi connectivity index (χ4v) is 2.00. The van der Waals surface area contributed by atoms with Crippen LogP contribution >= 0.6 is 12.4 Å². The first-order valence-corrected chi connectivity index (χ1v) is 6.38. The van der Waals surface area contributed by atoms with Gasteiger partial charge in [-0.15, -0.1) is 12.4 Å². The molecule has 3 nitrogen and oxygen atoms in total. The Balaban J connectivity index is 0.00000256. The molecule has 0 aliphatic carbocycles. The molecule has 1 aliphatic heterocycles. The molecule has 0 bridgehead atoms. The minimum Gasteiger partial charge on any atom is -0.353 e. The van der Waals surface area contributed by atoms with E-state index in [0.717, 1.165) is 25.9 Å². The molecule has 17 heavy (non-hydrogen) atoms. The van der Waals surface area contributed by atoms with Crippen molar-refractivity contribution in [3.05, 3.63) is 0 Å². The Labute approximate surface area is 112 Å². The summed E-state index contributed by atoms with van der Waals surface area (Å²) < 4.78 is 0. The average Bonchev–Trinajstić information content (AvgIpc) is 2.18. The molecular formula is C13H27ClN2O. The molecule has 0 saturated carbocycles. The number of nitrogens with one attached hydrogen (secondary N) is 2. The van der Waals surface area contributed by atoms with E-state index in [0.29, 0.717) is 18.4 Å². The SMILES string of the molecule is CC1CNCCC1NC(=O)CCC(C)(C)C.Cl. The highest BCUT2D eigenvalue weighted by Crippen LogP contribution is 2.20. The van der Waals surface area contributed by atoms with Gasteiger partial charge in [-0.3, -0.25) is 4.79 Å². The lowest BCUT2D eigenvalue weighted by molar-refractivity contribution is -0.122. The monoisotopic (exact) mass is 262 g/mol. The standard InChI is InChI=1S/C13H26N2O.ClH/c1-10-9-14-8-6-11(10)15-12(16)5-7-13(2,3)4;/h10-11,14H,5-9H2,1-4H3,(H,15,16);1H. The van der Waals surface area contributed by atoms with E-state index in [1.54, 1.807) is 0 Å². The average molecular weight is 263 g/mol. The Morgan fingerprint density at radius 2 is 2.06 bits per heavy atom. The highest BCUT2D eigenvalue weighted by atomic mass is 35.5. The molecule has 0 aromatic carbocycles. The van der Waals surface area contributed by atoms with Gasteiger partial charge >= 0.3 is 0 Å². The summed E-state index contributed by atoms with van der Waals surface area (Å²) in [5, 5.41) is 6.50. The molecule has 2 N–H and O–H groups in total. The Kier molecular flexibility index (Phi) is 7.10. The summed E-state index contributed by atoms with van der Waals surface area (Å²) in [5.41, 5.74) is 0.247. The van der Waals surface area contributed by atoms with Crippen molar-refractivity contribution in [2.75, 3.05) is 13.1 Å². The van der Waals surface area contributed by atoms with Gasteiger partial charge in [-0.1, -0.05) is 27.7 Å². The number of rotatable bonds is 3. The molecule has 0 aromatic rings. The number of halogens is 1. The van der Waals surface area contributed by atoms with Crippen molar-refractivity contribution in [2.45, 2.75) is 53.0 Å². The van der Waals surface area contributed by atoms with Gasteiger partial charge in [-0.05, 0) is 37.3 Å². The van der Waals surface area contributed by atoms with Crippen LogP contribution in [0, 0.1) is 11.3 Å². The quantitative estimate of drug-likeness (QED) is 0.820. The molecule has 0 spiro atoms. The summed E-state index contributed by atoms with van der Waals surface area (Å²) in [7, 11) is 0.